The van der Waals surface area contributed by atoms with E-state index in [1.807, 2.05) is 67.6 Å². The van der Waals surface area contributed by atoms with Gasteiger partial charge in [-0.05, 0) is 30.2 Å². The highest BCUT2D eigenvalue weighted by molar-refractivity contribution is 7.89. The fourth-order valence-corrected chi connectivity index (χ4v) is 4.62. The molecule has 29 heavy (non-hydrogen) atoms. The number of benzene rings is 3. The summed E-state index contributed by atoms with van der Waals surface area (Å²) < 4.78 is 29.3. The van der Waals surface area contributed by atoms with Crippen LogP contribution in [0.3, 0.4) is 0 Å². The van der Waals surface area contributed by atoms with Crippen LogP contribution in [0.15, 0.2) is 89.8 Å². The number of hydrogen-bond donors (Lipinski definition) is 3. The summed E-state index contributed by atoms with van der Waals surface area (Å²) in [4.78, 5) is 0.255. The molecule has 0 unspecified atom stereocenters. The van der Waals surface area contributed by atoms with Gasteiger partial charge in [0.2, 0.25) is 10.0 Å². The summed E-state index contributed by atoms with van der Waals surface area (Å²) in [7, 11) is -3.71. The molecular weight excluding hydrogens is 400 g/mol. The zero-order valence-electron chi connectivity index (χ0n) is 16.3. The second kappa shape index (κ2) is 10.1. The first-order valence-electron chi connectivity index (χ1n) is 9.54. The molecule has 2 N–H and O–H groups in total. The number of nitrogens with one attached hydrogen (secondary N) is 2. The van der Waals surface area contributed by atoms with Crippen LogP contribution in [-0.2, 0) is 10.0 Å². The fourth-order valence-electron chi connectivity index (χ4n) is 3.25. The van der Waals surface area contributed by atoms with E-state index in [9.17, 15) is 8.42 Å². The van der Waals surface area contributed by atoms with Crippen LogP contribution in [0, 0.1) is 6.92 Å². The molecule has 3 aromatic rings. The van der Waals surface area contributed by atoms with Crippen LogP contribution in [0.2, 0.25) is 0 Å². The van der Waals surface area contributed by atoms with Crippen molar-refractivity contribution in [3.05, 3.63) is 102 Å². The maximum atomic E-state index is 13.2. The Balaban J connectivity index is 2.02. The molecule has 152 valence electrons. The van der Waals surface area contributed by atoms with Crippen molar-refractivity contribution in [2.45, 2.75) is 23.9 Å². The van der Waals surface area contributed by atoms with Gasteiger partial charge in [-0.25, -0.2) is 13.1 Å². The third-order valence-electron chi connectivity index (χ3n) is 4.74. The first kappa shape index (κ1) is 21.6. The van der Waals surface area contributed by atoms with Crippen LogP contribution >= 0.6 is 12.6 Å². The zero-order valence-corrected chi connectivity index (χ0v) is 18.0. The highest BCUT2D eigenvalue weighted by Crippen LogP contribution is 2.30. The van der Waals surface area contributed by atoms with Gasteiger partial charge in [0.05, 0.1) is 17.0 Å². The first-order valence-corrected chi connectivity index (χ1v) is 11.7. The van der Waals surface area contributed by atoms with Gasteiger partial charge >= 0.3 is 0 Å². The van der Waals surface area contributed by atoms with Crippen LogP contribution in [0.25, 0.3) is 0 Å². The topological polar surface area (TPSA) is 58.2 Å². The summed E-state index contributed by atoms with van der Waals surface area (Å²) in [5, 5.41) is 3.46. The smallest absolute Gasteiger partial charge is 0.241 e. The zero-order chi connectivity index (χ0) is 20.7. The van der Waals surface area contributed by atoms with Gasteiger partial charge in [-0.1, -0.05) is 78.4 Å². The van der Waals surface area contributed by atoms with E-state index in [1.165, 1.54) is 0 Å². The van der Waals surface area contributed by atoms with Gasteiger partial charge in [0.25, 0.3) is 0 Å². The van der Waals surface area contributed by atoms with Crippen LogP contribution < -0.4 is 10.0 Å². The number of hydrogen-bond acceptors (Lipinski definition) is 4. The van der Waals surface area contributed by atoms with Crippen molar-refractivity contribution in [3.8, 4) is 0 Å². The quantitative estimate of drug-likeness (QED) is 0.448. The van der Waals surface area contributed by atoms with Gasteiger partial charge in [-0.15, -0.1) is 0 Å². The highest BCUT2D eigenvalue weighted by Gasteiger charge is 2.29. The molecule has 0 aliphatic heterocycles. The van der Waals surface area contributed by atoms with Crippen molar-refractivity contribution in [1.29, 1.82) is 0 Å². The largest absolute Gasteiger partial charge is 0.307 e. The molecule has 0 saturated carbocycles. The molecular formula is C23H26N2O2S2. The van der Waals surface area contributed by atoms with Gasteiger partial charge in [0, 0.05) is 12.3 Å². The minimum Gasteiger partial charge on any atom is -0.307 e. The Morgan fingerprint density at radius 3 is 1.83 bits per heavy atom. The Morgan fingerprint density at radius 1 is 0.793 bits per heavy atom. The van der Waals surface area contributed by atoms with E-state index in [-0.39, 0.29) is 10.9 Å². The summed E-state index contributed by atoms with van der Waals surface area (Å²) in [5.74, 6) is 0.648. The lowest BCUT2D eigenvalue weighted by Gasteiger charge is -2.30. The average Bonchev–Trinajstić information content (AvgIpc) is 2.75. The molecule has 0 bridgehead atoms. The van der Waals surface area contributed by atoms with Crippen LogP contribution in [0.1, 0.15) is 28.8 Å². The Labute approximate surface area is 178 Å². The fraction of sp³-hybridized carbons (Fsp3) is 0.217. The molecule has 0 heterocycles. The SMILES string of the molecule is Cc1ccc(S(=O)(=O)N[C@H](c2ccccc2)[C@H](NCCS)c2ccccc2)cc1. The number of rotatable bonds is 9. The lowest BCUT2D eigenvalue weighted by Crippen LogP contribution is -2.39. The van der Waals surface area contributed by atoms with Crippen molar-refractivity contribution in [3.63, 3.8) is 0 Å². The van der Waals surface area contributed by atoms with E-state index in [4.69, 9.17) is 0 Å². The van der Waals surface area contributed by atoms with Crippen molar-refractivity contribution < 1.29 is 8.42 Å². The summed E-state index contributed by atoms with van der Waals surface area (Å²) in [6, 6.07) is 25.7. The van der Waals surface area contributed by atoms with Gasteiger partial charge in [0.15, 0.2) is 0 Å². The normalized spacial score (nSPS) is 13.7. The van der Waals surface area contributed by atoms with E-state index in [2.05, 4.69) is 22.7 Å². The van der Waals surface area contributed by atoms with Gasteiger partial charge < -0.3 is 5.32 Å². The van der Waals surface area contributed by atoms with E-state index in [0.29, 0.717) is 12.3 Å². The summed E-state index contributed by atoms with van der Waals surface area (Å²) in [6.07, 6.45) is 0. The molecule has 0 aromatic heterocycles. The van der Waals surface area contributed by atoms with Crippen molar-refractivity contribution >= 4 is 22.7 Å². The van der Waals surface area contributed by atoms with E-state index >= 15 is 0 Å². The third-order valence-corrected chi connectivity index (χ3v) is 6.42. The second-order valence-electron chi connectivity index (χ2n) is 6.89. The predicted octanol–water partition coefficient (Wildman–Crippen LogP) is 4.28. The average molecular weight is 427 g/mol. The number of sulfonamides is 1. The molecule has 0 saturated heterocycles. The maximum absolute atomic E-state index is 13.2. The van der Waals surface area contributed by atoms with Crippen LogP contribution in [-0.4, -0.2) is 20.7 Å². The minimum absolute atomic E-state index is 0.244. The van der Waals surface area contributed by atoms with E-state index in [0.717, 1.165) is 16.7 Å². The van der Waals surface area contributed by atoms with Gasteiger partial charge in [-0.2, -0.15) is 12.6 Å². The number of aryl methyl sites for hydroxylation is 1. The Kier molecular flexibility index (Phi) is 7.50. The van der Waals surface area contributed by atoms with Gasteiger partial charge in [-0.3, -0.25) is 0 Å². The highest BCUT2D eigenvalue weighted by atomic mass is 32.2. The van der Waals surface area contributed by atoms with Crippen molar-refractivity contribution in [2.24, 2.45) is 0 Å². The standard InChI is InChI=1S/C23H26N2O2S2/c1-18-12-14-21(15-13-18)29(26,27)25-23(20-10-6-3-7-11-20)22(24-16-17-28)19-8-4-2-5-9-19/h2-15,22-25,28H,16-17H2,1H3/t22-,23-/m1/s1. The molecule has 6 heteroatoms. The molecule has 0 fully saturated rings. The van der Waals surface area contributed by atoms with Crippen LogP contribution in [0.4, 0.5) is 0 Å². The second-order valence-corrected chi connectivity index (χ2v) is 9.05. The van der Waals surface area contributed by atoms with Crippen molar-refractivity contribution in [1.82, 2.24) is 10.0 Å². The maximum Gasteiger partial charge on any atom is 0.241 e. The summed E-state index contributed by atoms with van der Waals surface area (Å²) in [5.41, 5.74) is 2.92. The molecule has 0 aliphatic carbocycles. The lowest BCUT2D eigenvalue weighted by molar-refractivity contribution is 0.433. The predicted molar refractivity (Wildman–Crippen MR) is 122 cm³/mol. The summed E-state index contributed by atoms with van der Waals surface area (Å²) >= 11 is 4.32. The third kappa shape index (κ3) is 5.70. The van der Waals surface area contributed by atoms with Crippen molar-refractivity contribution in [2.75, 3.05) is 12.3 Å². The molecule has 2 atom stereocenters. The molecule has 0 amide bonds. The lowest BCUT2D eigenvalue weighted by atomic mass is 9.94. The number of thiol groups is 1. The molecule has 0 aliphatic rings. The molecule has 0 spiro atoms. The molecule has 3 rings (SSSR count). The van der Waals surface area contributed by atoms with Crippen LogP contribution in [0.5, 0.6) is 0 Å². The van der Waals surface area contributed by atoms with Gasteiger partial charge in [0.1, 0.15) is 0 Å². The Hall–Kier alpha value is -2.12. The molecule has 0 radical (unpaired) electrons. The molecule has 4 nitrogen and oxygen atoms in total. The Morgan fingerprint density at radius 2 is 1.31 bits per heavy atom. The monoisotopic (exact) mass is 426 g/mol. The van der Waals surface area contributed by atoms with E-state index in [1.54, 1.807) is 24.3 Å². The van der Waals surface area contributed by atoms with E-state index < -0.39 is 16.1 Å². The first-order chi connectivity index (χ1) is 14.0. The molecule has 3 aromatic carbocycles. The minimum atomic E-state index is -3.71. The summed E-state index contributed by atoms with van der Waals surface area (Å²) in [6.45, 7) is 2.58. The Bertz CT molecular complexity index is 992.